The number of hydrogen-bond acceptors (Lipinski definition) is 3. The molecule has 0 aliphatic rings. The van der Waals surface area contributed by atoms with E-state index in [2.05, 4.69) is 0 Å². The molecule has 0 aliphatic heterocycles. The van der Waals surface area contributed by atoms with Gasteiger partial charge in [0.25, 0.3) is 0 Å². The van der Waals surface area contributed by atoms with Crippen molar-refractivity contribution in [2.75, 3.05) is 6.26 Å². The molecule has 0 saturated carbocycles. The SMILES string of the molecule is CCc1ccc(C#N)cc1S(C)(=O)=O. The zero-order chi connectivity index (χ0) is 10.8. The number of nitrogens with zero attached hydrogens (tertiary/aromatic N) is 1. The maximum absolute atomic E-state index is 11.4. The Balaban J connectivity index is 3.47. The highest BCUT2D eigenvalue weighted by molar-refractivity contribution is 7.90. The molecular weight excluding hydrogens is 198 g/mol. The van der Waals surface area contributed by atoms with Crippen LogP contribution in [0.1, 0.15) is 18.1 Å². The van der Waals surface area contributed by atoms with Crippen LogP contribution in [0.3, 0.4) is 0 Å². The van der Waals surface area contributed by atoms with Gasteiger partial charge in [-0.3, -0.25) is 0 Å². The predicted molar refractivity (Wildman–Crippen MR) is 53.6 cm³/mol. The average Bonchev–Trinajstić information content (AvgIpc) is 2.15. The van der Waals surface area contributed by atoms with Crippen LogP contribution in [0.5, 0.6) is 0 Å². The minimum atomic E-state index is -3.23. The zero-order valence-corrected chi connectivity index (χ0v) is 8.93. The largest absolute Gasteiger partial charge is 0.224 e. The Morgan fingerprint density at radius 2 is 2.07 bits per heavy atom. The topological polar surface area (TPSA) is 57.9 Å². The molecule has 0 spiro atoms. The second-order valence-electron chi connectivity index (χ2n) is 3.06. The molecule has 0 atom stereocenters. The van der Waals surface area contributed by atoms with Crippen LogP contribution in [0.2, 0.25) is 0 Å². The molecule has 0 N–H and O–H groups in total. The van der Waals surface area contributed by atoms with Crippen LogP contribution in [-0.4, -0.2) is 14.7 Å². The van der Waals surface area contributed by atoms with Crippen molar-refractivity contribution >= 4 is 9.84 Å². The molecule has 0 unspecified atom stereocenters. The summed E-state index contributed by atoms with van der Waals surface area (Å²) in [5, 5.41) is 8.65. The van der Waals surface area contributed by atoms with Crippen LogP contribution in [0, 0.1) is 11.3 Å². The van der Waals surface area contributed by atoms with Gasteiger partial charge in [-0.2, -0.15) is 5.26 Å². The summed E-state index contributed by atoms with van der Waals surface area (Å²) >= 11 is 0. The van der Waals surface area contributed by atoms with Gasteiger partial charge < -0.3 is 0 Å². The minimum Gasteiger partial charge on any atom is -0.224 e. The monoisotopic (exact) mass is 209 g/mol. The molecule has 0 radical (unpaired) electrons. The van der Waals surface area contributed by atoms with Gasteiger partial charge in [-0.25, -0.2) is 8.42 Å². The second kappa shape index (κ2) is 3.81. The van der Waals surface area contributed by atoms with Crippen molar-refractivity contribution in [1.29, 1.82) is 5.26 Å². The average molecular weight is 209 g/mol. The number of hydrogen-bond donors (Lipinski definition) is 0. The molecule has 0 aromatic heterocycles. The standard InChI is InChI=1S/C10H11NO2S/c1-3-9-5-4-8(7-11)6-10(9)14(2,12)13/h4-6H,3H2,1-2H3. The maximum Gasteiger partial charge on any atom is 0.175 e. The van der Waals surface area contributed by atoms with Gasteiger partial charge in [0.05, 0.1) is 16.5 Å². The third-order valence-electron chi connectivity index (χ3n) is 1.98. The summed E-state index contributed by atoms with van der Waals surface area (Å²) < 4.78 is 22.7. The number of nitriles is 1. The lowest BCUT2D eigenvalue weighted by Gasteiger charge is -2.05. The Morgan fingerprint density at radius 1 is 1.43 bits per heavy atom. The highest BCUT2D eigenvalue weighted by atomic mass is 32.2. The number of benzene rings is 1. The molecule has 1 rings (SSSR count). The summed E-state index contributed by atoms with van der Waals surface area (Å²) in [7, 11) is -3.23. The Morgan fingerprint density at radius 3 is 2.50 bits per heavy atom. The van der Waals surface area contributed by atoms with Crippen LogP contribution in [-0.2, 0) is 16.3 Å². The Kier molecular flexibility index (Phi) is 2.92. The summed E-state index contributed by atoms with van der Waals surface area (Å²) in [6, 6.07) is 6.67. The van der Waals surface area contributed by atoms with Gasteiger partial charge in [-0.1, -0.05) is 13.0 Å². The van der Waals surface area contributed by atoms with Crippen LogP contribution < -0.4 is 0 Å². The summed E-state index contributed by atoms with van der Waals surface area (Å²) in [5.74, 6) is 0. The molecule has 74 valence electrons. The summed E-state index contributed by atoms with van der Waals surface area (Å²) in [6.45, 7) is 1.88. The van der Waals surface area contributed by atoms with Crippen LogP contribution in [0.15, 0.2) is 23.1 Å². The van der Waals surface area contributed by atoms with Gasteiger partial charge >= 0.3 is 0 Å². The number of aryl methyl sites for hydroxylation is 1. The molecule has 4 heteroatoms. The summed E-state index contributed by atoms with van der Waals surface area (Å²) in [6.07, 6.45) is 1.80. The first-order chi connectivity index (χ1) is 6.49. The van der Waals surface area contributed by atoms with Crippen molar-refractivity contribution in [2.45, 2.75) is 18.2 Å². The quantitative estimate of drug-likeness (QED) is 0.742. The van der Waals surface area contributed by atoms with E-state index in [4.69, 9.17) is 5.26 Å². The lowest BCUT2D eigenvalue weighted by atomic mass is 10.1. The van der Waals surface area contributed by atoms with Crippen molar-refractivity contribution in [2.24, 2.45) is 0 Å². The Bertz CT molecular complexity index is 483. The minimum absolute atomic E-state index is 0.263. The predicted octanol–water partition coefficient (Wildman–Crippen LogP) is 1.52. The normalized spacial score (nSPS) is 10.9. The van der Waals surface area contributed by atoms with Crippen LogP contribution >= 0.6 is 0 Å². The van der Waals surface area contributed by atoms with Gasteiger partial charge in [-0.05, 0) is 24.1 Å². The fourth-order valence-corrected chi connectivity index (χ4v) is 2.29. The molecule has 14 heavy (non-hydrogen) atoms. The van der Waals surface area contributed by atoms with Crippen molar-refractivity contribution in [3.05, 3.63) is 29.3 Å². The Labute approximate surface area is 83.9 Å². The van der Waals surface area contributed by atoms with Gasteiger partial charge in [-0.15, -0.1) is 0 Å². The molecule has 1 aromatic carbocycles. The van der Waals surface area contributed by atoms with E-state index < -0.39 is 9.84 Å². The van der Waals surface area contributed by atoms with Crippen molar-refractivity contribution in [3.8, 4) is 6.07 Å². The fraction of sp³-hybridized carbons (Fsp3) is 0.300. The molecule has 0 aliphatic carbocycles. The number of rotatable bonds is 2. The molecule has 0 fully saturated rings. The lowest BCUT2D eigenvalue weighted by molar-refractivity contribution is 0.601. The highest BCUT2D eigenvalue weighted by Crippen LogP contribution is 2.17. The zero-order valence-electron chi connectivity index (χ0n) is 8.11. The van der Waals surface area contributed by atoms with Gasteiger partial charge in [0.2, 0.25) is 0 Å². The van der Waals surface area contributed by atoms with Crippen molar-refractivity contribution < 1.29 is 8.42 Å². The Hall–Kier alpha value is -1.34. The first-order valence-electron chi connectivity index (χ1n) is 4.22. The third-order valence-corrected chi connectivity index (χ3v) is 3.16. The van der Waals surface area contributed by atoms with E-state index in [-0.39, 0.29) is 4.90 Å². The van der Waals surface area contributed by atoms with Crippen molar-refractivity contribution in [1.82, 2.24) is 0 Å². The van der Waals surface area contributed by atoms with E-state index in [1.54, 1.807) is 12.1 Å². The molecular formula is C10H11NO2S. The van der Waals surface area contributed by atoms with Crippen LogP contribution in [0.4, 0.5) is 0 Å². The lowest BCUT2D eigenvalue weighted by Crippen LogP contribution is -2.02. The van der Waals surface area contributed by atoms with Crippen LogP contribution in [0.25, 0.3) is 0 Å². The summed E-state index contributed by atoms with van der Waals surface area (Å²) in [4.78, 5) is 0.263. The molecule has 0 saturated heterocycles. The summed E-state index contributed by atoms with van der Waals surface area (Å²) in [5.41, 5.74) is 1.13. The fourth-order valence-electron chi connectivity index (χ4n) is 1.26. The maximum atomic E-state index is 11.4. The third kappa shape index (κ3) is 2.12. The van der Waals surface area contributed by atoms with E-state index >= 15 is 0 Å². The second-order valence-corrected chi connectivity index (χ2v) is 5.04. The van der Waals surface area contributed by atoms with Gasteiger partial charge in [0, 0.05) is 6.26 Å². The first kappa shape index (κ1) is 10.7. The first-order valence-corrected chi connectivity index (χ1v) is 6.11. The number of sulfone groups is 1. The molecule has 0 amide bonds. The van der Waals surface area contributed by atoms with Gasteiger partial charge in [0.1, 0.15) is 0 Å². The molecule has 3 nitrogen and oxygen atoms in total. The van der Waals surface area contributed by atoms with E-state index in [1.165, 1.54) is 6.07 Å². The van der Waals surface area contributed by atoms with E-state index in [0.717, 1.165) is 11.8 Å². The highest BCUT2D eigenvalue weighted by Gasteiger charge is 2.12. The van der Waals surface area contributed by atoms with E-state index in [9.17, 15) is 8.42 Å². The molecule has 0 bridgehead atoms. The molecule has 1 aromatic rings. The van der Waals surface area contributed by atoms with E-state index in [0.29, 0.717) is 12.0 Å². The van der Waals surface area contributed by atoms with Gasteiger partial charge in [0.15, 0.2) is 9.84 Å². The van der Waals surface area contributed by atoms with E-state index in [1.807, 2.05) is 13.0 Å². The van der Waals surface area contributed by atoms with Crippen molar-refractivity contribution in [3.63, 3.8) is 0 Å². The molecule has 0 heterocycles. The smallest absolute Gasteiger partial charge is 0.175 e.